The molecular formula is C73H50N8. The third-order valence-corrected chi connectivity index (χ3v) is 17.4. The van der Waals surface area contributed by atoms with Gasteiger partial charge in [0, 0.05) is 89.9 Å². The van der Waals surface area contributed by atoms with Crippen molar-refractivity contribution in [3.8, 4) is 39.8 Å². The summed E-state index contributed by atoms with van der Waals surface area (Å²) in [5.74, 6) is 1.58. The van der Waals surface area contributed by atoms with Crippen LogP contribution in [0.4, 0.5) is 0 Å². The Morgan fingerprint density at radius 2 is 0.654 bits per heavy atom. The van der Waals surface area contributed by atoms with Gasteiger partial charge in [-0.05, 0) is 128 Å². The second kappa shape index (κ2) is 17.0. The summed E-state index contributed by atoms with van der Waals surface area (Å²) in [5.41, 5.74) is 20.5. The highest BCUT2D eigenvalue weighted by molar-refractivity contribution is 6.18. The number of rotatable bonds is 6. The molecule has 0 atom stereocenters. The number of fused-ring (bicyclic) bond motifs is 15. The predicted octanol–water partition coefficient (Wildman–Crippen LogP) is 18.3. The van der Waals surface area contributed by atoms with E-state index >= 15 is 0 Å². The average Bonchev–Trinajstić information content (AvgIpc) is 4.50. The third-order valence-electron chi connectivity index (χ3n) is 17.4. The molecule has 0 radical (unpaired) electrons. The molecule has 382 valence electrons. The van der Waals surface area contributed by atoms with Gasteiger partial charge in [-0.2, -0.15) is 0 Å². The molecule has 9 aromatic carbocycles. The minimum atomic E-state index is 0.792. The molecule has 81 heavy (non-hydrogen) atoms. The molecule has 0 amide bonds. The maximum absolute atomic E-state index is 6.51. The summed E-state index contributed by atoms with van der Waals surface area (Å²) in [5, 5.41) is 11.5. The van der Waals surface area contributed by atoms with Gasteiger partial charge >= 0.3 is 0 Å². The number of benzene rings is 9. The largest absolute Gasteiger partial charge is 0.309 e. The van der Waals surface area contributed by atoms with Gasteiger partial charge in [0.15, 0.2) is 11.6 Å². The SMILES string of the molecule is Cc1cccc2c1c1c(C)cccc1n2-c1nc(-n2c3cccc(C)c3c3c(C)cccc32)c(-n2c3ccccc3c3cnccc32)c(-c2ccc3c4ccccc4n(-c4ccccc4)c3c2)c1-n1c2ccccc2c2cnccc21. The standard InChI is InChI=1S/C73H50N8/c1-43-18-14-30-60-65(43)66-44(2)19-15-31-61(66)80(60)72-70(78-56-28-12-9-25-50(56)53-41-74-38-36-58(53)78)69(47-34-35-52-49-24-8-11-27-55(49)77(64(52)40-47)48-22-6-5-7-23-48)71(79-57-29-13-10-26-51(57)54-42-75-39-37-59(54)79)73(76-72)81-62-32-16-20-45(3)67(62)68-46(4)21-17-33-63(68)81/h5-42H,1-4H3. The highest BCUT2D eigenvalue weighted by Gasteiger charge is 2.33. The van der Waals surface area contributed by atoms with E-state index in [4.69, 9.17) is 15.0 Å². The van der Waals surface area contributed by atoms with Gasteiger partial charge in [0.2, 0.25) is 0 Å². The summed E-state index contributed by atoms with van der Waals surface area (Å²) in [6.07, 6.45) is 7.91. The lowest BCUT2D eigenvalue weighted by molar-refractivity contribution is 0.960. The van der Waals surface area contributed by atoms with Gasteiger partial charge in [-0.15, -0.1) is 0 Å². The Kier molecular flexibility index (Phi) is 9.52. The van der Waals surface area contributed by atoms with Gasteiger partial charge in [0.25, 0.3) is 0 Å². The fourth-order valence-electron chi connectivity index (χ4n) is 14.0. The van der Waals surface area contributed by atoms with E-state index in [1.54, 1.807) is 0 Å². The summed E-state index contributed by atoms with van der Waals surface area (Å²) < 4.78 is 12.4. The first-order valence-electron chi connectivity index (χ1n) is 27.8. The van der Waals surface area contributed by atoms with Gasteiger partial charge < -0.3 is 13.7 Å². The van der Waals surface area contributed by atoms with Crippen molar-refractivity contribution in [3.05, 3.63) is 253 Å². The smallest absolute Gasteiger partial charge is 0.165 e. The van der Waals surface area contributed by atoms with E-state index in [1.807, 2.05) is 24.8 Å². The Balaban J connectivity index is 1.21. The molecule has 8 nitrogen and oxygen atoms in total. The zero-order valence-corrected chi connectivity index (χ0v) is 45.0. The fourth-order valence-corrected chi connectivity index (χ4v) is 14.0. The van der Waals surface area contributed by atoms with E-state index < -0.39 is 0 Å². The molecule has 0 bridgehead atoms. The molecule has 0 aliphatic rings. The summed E-state index contributed by atoms with van der Waals surface area (Å²) in [4.78, 5) is 16.1. The van der Waals surface area contributed by atoms with E-state index in [2.05, 4.69) is 257 Å². The van der Waals surface area contributed by atoms with E-state index in [1.165, 1.54) is 54.6 Å². The summed E-state index contributed by atoms with van der Waals surface area (Å²) in [6, 6.07) is 75.6. The monoisotopic (exact) mass is 1040 g/mol. The molecule has 0 saturated heterocycles. The number of aromatic nitrogens is 8. The van der Waals surface area contributed by atoms with Crippen molar-refractivity contribution >= 4 is 109 Å². The summed E-state index contributed by atoms with van der Waals surface area (Å²) in [6.45, 7) is 8.98. The molecule has 0 aliphatic carbocycles. The van der Waals surface area contributed by atoms with Crippen LogP contribution in [0.3, 0.4) is 0 Å². The van der Waals surface area contributed by atoms with Gasteiger partial charge in [-0.1, -0.05) is 133 Å². The maximum atomic E-state index is 6.51. The normalized spacial score (nSPS) is 12.2. The van der Waals surface area contributed by atoms with Crippen LogP contribution in [0.15, 0.2) is 231 Å². The average molecular weight is 1040 g/mol. The number of hydrogen-bond donors (Lipinski definition) is 0. The van der Waals surface area contributed by atoms with Crippen LogP contribution in [-0.4, -0.2) is 37.8 Å². The zero-order valence-electron chi connectivity index (χ0n) is 45.0. The molecule has 8 aromatic heterocycles. The highest BCUT2D eigenvalue weighted by Crippen LogP contribution is 2.50. The van der Waals surface area contributed by atoms with Gasteiger partial charge in [0.05, 0.1) is 55.2 Å². The molecule has 0 aliphatic heterocycles. The van der Waals surface area contributed by atoms with E-state index in [0.717, 1.165) is 117 Å². The van der Waals surface area contributed by atoms with Crippen LogP contribution in [0.1, 0.15) is 22.3 Å². The number of aryl methyl sites for hydroxylation is 4. The van der Waals surface area contributed by atoms with E-state index in [0.29, 0.717) is 0 Å². The van der Waals surface area contributed by atoms with Gasteiger partial charge in [-0.25, -0.2) is 4.98 Å². The first-order valence-corrected chi connectivity index (χ1v) is 27.8. The predicted molar refractivity (Wildman–Crippen MR) is 336 cm³/mol. The number of nitrogens with zero attached hydrogens (tertiary/aromatic N) is 8. The molecule has 17 aromatic rings. The van der Waals surface area contributed by atoms with Crippen LogP contribution < -0.4 is 0 Å². The van der Waals surface area contributed by atoms with Crippen molar-refractivity contribution < 1.29 is 0 Å². The number of pyridine rings is 3. The Bertz CT molecular complexity index is 5040. The molecule has 0 saturated carbocycles. The van der Waals surface area contributed by atoms with Crippen molar-refractivity contribution in [2.24, 2.45) is 0 Å². The summed E-state index contributed by atoms with van der Waals surface area (Å²) in [7, 11) is 0. The van der Waals surface area contributed by atoms with Crippen molar-refractivity contribution in [2.75, 3.05) is 0 Å². The topological polar surface area (TPSA) is 63.3 Å². The molecule has 0 fully saturated rings. The lowest BCUT2D eigenvalue weighted by Gasteiger charge is -2.27. The van der Waals surface area contributed by atoms with Crippen LogP contribution in [0.25, 0.3) is 149 Å². The molecule has 0 N–H and O–H groups in total. The molecule has 8 heteroatoms. The van der Waals surface area contributed by atoms with E-state index in [-0.39, 0.29) is 0 Å². The number of para-hydroxylation sites is 4. The lowest BCUT2D eigenvalue weighted by atomic mass is 9.98. The molecule has 0 unspecified atom stereocenters. The Morgan fingerprint density at radius 3 is 1.11 bits per heavy atom. The Hall–Kier alpha value is -10.6. The van der Waals surface area contributed by atoms with Crippen LogP contribution in [-0.2, 0) is 0 Å². The molecule has 8 heterocycles. The molecular weight excluding hydrogens is 989 g/mol. The van der Waals surface area contributed by atoms with Crippen molar-refractivity contribution in [1.29, 1.82) is 0 Å². The number of hydrogen-bond acceptors (Lipinski definition) is 3. The van der Waals surface area contributed by atoms with Crippen LogP contribution in [0.5, 0.6) is 0 Å². The van der Waals surface area contributed by atoms with Gasteiger partial charge in [0.1, 0.15) is 11.4 Å². The Morgan fingerprint density at radius 1 is 0.284 bits per heavy atom. The quantitative estimate of drug-likeness (QED) is 0.167. The Labute approximate surface area is 465 Å². The van der Waals surface area contributed by atoms with Crippen LogP contribution >= 0.6 is 0 Å². The first-order chi connectivity index (χ1) is 39.9. The first kappa shape index (κ1) is 45.4. The lowest BCUT2D eigenvalue weighted by Crippen LogP contribution is -2.16. The van der Waals surface area contributed by atoms with Crippen molar-refractivity contribution in [1.82, 2.24) is 37.8 Å². The highest BCUT2D eigenvalue weighted by atomic mass is 15.2. The van der Waals surface area contributed by atoms with Crippen LogP contribution in [0, 0.1) is 27.7 Å². The molecule has 0 spiro atoms. The minimum Gasteiger partial charge on any atom is -0.309 e. The van der Waals surface area contributed by atoms with E-state index in [9.17, 15) is 0 Å². The minimum absolute atomic E-state index is 0.792. The zero-order chi connectivity index (χ0) is 53.8. The second-order valence-electron chi connectivity index (χ2n) is 21.8. The third kappa shape index (κ3) is 6.21. The van der Waals surface area contributed by atoms with Crippen molar-refractivity contribution in [3.63, 3.8) is 0 Å². The second-order valence-corrected chi connectivity index (χ2v) is 21.8. The molecule has 17 rings (SSSR count). The fraction of sp³-hybridized carbons (Fsp3) is 0.0548. The van der Waals surface area contributed by atoms with Crippen LogP contribution in [0.2, 0.25) is 0 Å². The van der Waals surface area contributed by atoms with Gasteiger partial charge in [-0.3, -0.25) is 19.1 Å². The van der Waals surface area contributed by atoms with Crippen molar-refractivity contribution in [2.45, 2.75) is 27.7 Å². The maximum Gasteiger partial charge on any atom is 0.165 e. The summed E-state index contributed by atoms with van der Waals surface area (Å²) >= 11 is 0.